The van der Waals surface area contributed by atoms with Crippen LogP contribution < -0.4 is 10.1 Å². The fourth-order valence-electron chi connectivity index (χ4n) is 2.92. The van der Waals surface area contributed by atoms with Gasteiger partial charge in [0, 0.05) is 18.1 Å². The molecule has 2 aromatic carbocycles. The minimum Gasteiger partial charge on any atom is -0.484 e. The van der Waals surface area contributed by atoms with Crippen LogP contribution in [0.15, 0.2) is 48.5 Å². The van der Waals surface area contributed by atoms with Gasteiger partial charge in [0.25, 0.3) is 5.91 Å². The third-order valence-corrected chi connectivity index (χ3v) is 5.02. The van der Waals surface area contributed by atoms with Crippen LogP contribution in [-0.2, 0) is 22.6 Å². The largest absolute Gasteiger partial charge is 0.484 e. The van der Waals surface area contributed by atoms with E-state index < -0.39 is 6.04 Å². The summed E-state index contributed by atoms with van der Waals surface area (Å²) in [7, 11) is 0. The molecule has 2 aromatic rings. The summed E-state index contributed by atoms with van der Waals surface area (Å²) in [6.45, 7) is 8.55. The predicted molar refractivity (Wildman–Crippen MR) is 121 cm³/mol. The molecular weight excluding hydrogens is 400 g/mol. The maximum atomic E-state index is 13.0. The highest BCUT2D eigenvalue weighted by molar-refractivity contribution is 6.30. The Morgan fingerprint density at radius 2 is 1.77 bits per heavy atom. The monoisotopic (exact) mass is 430 g/mol. The van der Waals surface area contributed by atoms with E-state index in [2.05, 4.69) is 12.2 Å². The lowest BCUT2D eigenvalue weighted by Crippen LogP contribution is -2.49. The van der Waals surface area contributed by atoms with E-state index in [1.54, 1.807) is 19.1 Å². The van der Waals surface area contributed by atoms with Gasteiger partial charge in [-0.25, -0.2) is 0 Å². The van der Waals surface area contributed by atoms with E-state index in [0.29, 0.717) is 23.2 Å². The van der Waals surface area contributed by atoms with Crippen molar-refractivity contribution in [2.45, 2.75) is 46.7 Å². The molecule has 2 amide bonds. The zero-order valence-corrected chi connectivity index (χ0v) is 18.9. The quantitative estimate of drug-likeness (QED) is 0.605. The van der Waals surface area contributed by atoms with Crippen molar-refractivity contribution in [1.82, 2.24) is 10.2 Å². The van der Waals surface area contributed by atoms with Crippen LogP contribution >= 0.6 is 11.6 Å². The molecule has 0 spiro atoms. The smallest absolute Gasteiger partial charge is 0.261 e. The third kappa shape index (κ3) is 7.38. The van der Waals surface area contributed by atoms with Crippen molar-refractivity contribution in [3.05, 3.63) is 64.7 Å². The Morgan fingerprint density at radius 1 is 1.07 bits per heavy atom. The lowest BCUT2D eigenvalue weighted by Gasteiger charge is -2.29. The first-order valence-corrected chi connectivity index (χ1v) is 10.7. The van der Waals surface area contributed by atoms with Gasteiger partial charge in [0.15, 0.2) is 6.61 Å². The highest BCUT2D eigenvalue weighted by atomic mass is 35.5. The minimum absolute atomic E-state index is 0.145. The van der Waals surface area contributed by atoms with Crippen LogP contribution in [0.3, 0.4) is 0 Å². The number of ether oxygens (including phenoxy) is 1. The van der Waals surface area contributed by atoms with Gasteiger partial charge in [0.2, 0.25) is 5.91 Å². The van der Waals surface area contributed by atoms with Crippen molar-refractivity contribution in [3.8, 4) is 5.75 Å². The highest BCUT2D eigenvalue weighted by Gasteiger charge is 2.26. The van der Waals surface area contributed by atoms with E-state index in [4.69, 9.17) is 16.3 Å². The third-order valence-electron chi connectivity index (χ3n) is 4.79. The molecule has 5 nitrogen and oxygen atoms in total. The zero-order chi connectivity index (χ0) is 22.1. The Morgan fingerprint density at radius 3 is 2.37 bits per heavy atom. The Kier molecular flexibility index (Phi) is 9.18. The van der Waals surface area contributed by atoms with Crippen LogP contribution in [0.1, 0.15) is 38.8 Å². The molecule has 0 bridgehead atoms. The molecule has 0 unspecified atom stereocenters. The molecule has 0 aromatic heterocycles. The zero-order valence-electron chi connectivity index (χ0n) is 18.2. The Hall–Kier alpha value is -2.53. The summed E-state index contributed by atoms with van der Waals surface area (Å²) in [6, 6.07) is 14.3. The molecule has 0 aliphatic rings. The van der Waals surface area contributed by atoms with E-state index in [-0.39, 0.29) is 25.0 Å². The van der Waals surface area contributed by atoms with E-state index in [0.717, 1.165) is 12.0 Å². The summed E-state index contributed by atoms with van der Waals surface area (Å²) in [5.41, 5.74) is 2.05. The van der Waals surface area contributed by atoms with Crippen molar-refractivity contribution >= 4 is 23.4 Å². The topological polar surface area (TPSA) is 58.6 Å². The number of nitrogens with zero attached hydrogens (tertiary/aromatic N) is 1. The number of benzene rings is 2. The Bertz CT molecular complexity index is 837. The first-order valence-electron chi connectivity index (χ1n) is 10.3. The molecular formula is C24H31ClN2O3. The van der Waals surface area contributed by atoms with Gasteiger partial charge in [-0.2, -0.15) is 0 Å². The molecule has 0 radical (unpaired) electrons. The highest BCUT2D eigenvalue weighted by Crippen LogP contribution is 2.16. The molecule has 0 aliphatic carbocycles. The Balaban J connectivity index is 2.11. The number of hydrogen-bond donors (Lipinski definition) is 1. The SMILES string of the molecule is CCc1ccc(OCC(=O)N(Cc2cccc(Cl)c2)[C@H](C)C(=O)NCC(C)C)cc1. The number of hydrogen-bond acceptors (Lipinski definition) is 3. The molecule has 0 saturated carbocycles. The van der Waals surface area contributed by atoms with Crippen LogP contribution in [0, 0.1) is 5.92 Å². The van der Waals surface area contributed by atoms with Gasteiger partial charge in [0.1, 0.15) is 11.8 Å². The van der Waals surface area contributed by atoms with Crippen molar-refractivity contribution in [3.63, 3.8) is 0 Å². The molecule has 0 aliphatic heterocycles. The number of aryl methyl sites for hydroxylation is 1. The molecule has 0 heterocycles. The van der Waals surface area contributed by atoms with Crippen LogP contribution in [0.2, 0.25) is 5.02 Å². The number of halogens is 1. The maximum absolute atomic E-state index is 13.0. The van der Waals surface area contributed by atoms with Gasteiger partial charge in [-0.05, 0) is 54.7 Å². The van der Waals surface area contributed by atoms with Crippen LogP contribution in [0.5, 0.6) is 5.75 Å². The lowest BCUT2D eigenvalue weighted by molar-refractivity contribution is -0.142. The summed E-state index contributed by atoms with van der Waals surface area (Å²) in [5, 5.41) is 3.49. The predicted octanol–water partition coefficient (Wildman–Crippen LogP) is 4.47. The number of carbonyl (C=O) groups is 2. The number of rotatable bonds is 10. The fourth-order valence-corrected chi connectivity index (χ4v) is 3.13. The number of amides is 2. The van der Waals surface area contributed by atoms with Crippen LogP contribution in [0.4, 0.5) is 0 Å². The summed E-state index contributed by atoms with van der Waals surface area (Å²) in [5.74, 6) is 0.501. The maximum Gasteiger partial charge on any atom is 0.261 e. The van der Waals surface area contributed by atoms with Gasteiger partial charge in [-0.15, -0.1) is 0 Å². The molecule has 0 fully saturated rings. The fraction of sp³-hybridized carbons (Fsp3) is 0.417. The van der Waals surface area contributed by atoms with E-state index in [1.165, 1.54) is 10.5 Å². The van der Waals surface area contributed by atoms with Crippen LogP contribution in [-0.4, -0.2) is 35.9 Å². The summed E-state index contributed by atoms with van der Waals surface area (Å²) in [4.78, 5) is 27.2. The average molecular weight is 431 g/mol. The van der Waals surface area contributed by atoms with Crippen LogP contribution in [0.25, 0.3) is 0 Å². The second kappa shape index (κ2) is 11.6. The molecule has 6 heteroatoms. The molecule has 1 atom stereocenters. The van der Waals surface area contributed by atoms with Gasteiger partial charge in [-0.3, -0.25) is 9.59 Å². The van der Waals surface area contributed by atoms with Crippen molar-refractivity contribution in [1.29, 1.82) is 0 Å². The van der Waals surface area contributed by atoms with Crippen molar-refractivity contribution < 1.29 is 14.3 Å². The second-order valence-electron chi connectivity index (χ2n) is 7.75. The standard InChI is InChI=1S/C24H31ClN2O3/c1-5-19-9-11-22(12-10-19)30-16-23(28)27(15-20-7-6-8-21(25)13-20)18(4)24(29)26-14-17(2)3/h6-13,17-18H,5,14-16H2,1-4H3,(H,26,29)/t18-/m1/s1. The summed E-state index contributed by atoms with van der Waals surface area (Å²) < 4.78 is 5.69. The summed E-state index contributed by atoms with van der Waals surface area (Å²) >= 11 is 6.09. The first kappa shape index (κ1) is 23.7. The van der Waals surface area contributed by atoms with E-state index in [1.807, 2.05) is 50.2 Å². The minimum atomic E-state index is -0.638. The van der Waals surface area contributed by atoms with Gasteiger partial charge in [0.05, 0.1) is 0 Å². The Labute approximate surface area is 184 Å². The van der Waals surface area contributed by atoms with Gasteiger partial charge in [-0.1, -0.05) is 56.6 Å². The molecule has 2 rings (SSSR count). The van der Waals surface area contributed by atoms with Gasteiger partial charge < -0.3 is 15.0 Å². The second-order valence-corrected chi connectivity index (χ2v) is 8.19. The average Bonchev–Trinajstić information content (AvgIpc) is 2.74. The van der Waals surface area contributed by atoms with E-state index >= 15 is 0 Å². The molecule has 162 valence electrons. The summed E-state index contributed by atoms with van der Waals surface area (Å²) in [6.07, 6.45) is 0.940. The number of nitrogens with one attached hydrogen (secondary N) is 1. The number of carbonyl (C=O) groups excluding carboxylic acids is 2. The lowest BCUT2D eigenvalue weighted by atomic mass is 10.1. The van der Waals surface area contributed by atoms with Gasteiger partial charge >= 0.3 is 0 Å². The molecule has 30 heavy (non-hydrogen) atoms. The normalized spacial score (nSPS) is 11.8. The molecule has 1 N–H and O–H groups in total. The van der Waals surface area contributed by atoms with Crippen molar-refractivity contribution in [2.75, 3.05) is 13.2 Å². The van der Waals surface area contributed by atoms with Crippen molar-refractivity contribution in [2.24, 2.45) is 5.92 Å². The van der Waals surface area contributed by atoms with E-state index in [9.17, 15) is 9.59 Å². The first-order chi connectivity index (χ1) is 14.3. The molecule has 0 saturated heterocycles.